The van der Waals surface area contributed by atoms with Crippen LogP contribution in [0.3, 0.4) is 0 Å². The number of aromatic hydroxyl groups is 4. The van der Waals surface area contributed by atoms with Crippen LogP contribution in [-0.2, 0) is 91.9 Å². The number of aryl methyl sites for hydroxylation is 5. The maximum absolute atomic E-state index is 14.5. The zero-order chi connectivity index (χ0) is 74.9. The topological polar surface area (TPSA) is 309 Å². The van der Waals surface area contributed by atoms with Crippen molar-refractivity contribution in [3.8, 4) is 45.7 Å². The first kappa shape index (κ1) is 73.5. The maximum Gasteiger partial charge on any atom is 0.306 e. The fraction of sp³-hybridized carbons (Fsp3) is 0.383. The van der Waals surface area contributed by atoms with Gasteiger partial charge in [0.15, 0.2) is 0 Å². The number of carbonyl (C=O) groups is 4. The fourth-order valence-corrected chi connectivity index (χ4v) is 12.7. The van der Waals surface area contributed by atoms with E-state index in [-0.39, 0.29) is 74.4 Å². The van der Waals surface area contributed by atoms with Gasteiger partial charge in [0.25, 0.3) is 0 Å². The molecular formula is C81H90N12O12. The first-order valence-electron chi connectivity index (χ1n) is 35.4. The van der Waals surface area contributed by atoms with E-state index in [0.29, 0.717) is 112 Å². The van der Waals surface area contributed by atoms with Crippen molar-refractivity contribution >= 4 is 63.1 Å². The van der Waals surface area contributed by atoms with Crippen LogP contribution in [0.25, 0.3) is 61.9 Å². The molecule has 0 amide bonds. The lowest BCUT2D eigenvalue weighted by atomic mass is 9.84. The van der Waals surface area contributed by atoms with Gasteiger partial charge in [-0.1, -0.05) is 150 Å². The molecule has 1 aliphatic carbocycles. The van der Waals surface area contributed by atoms with E-state index >= 15 is 0 Å². The Kier molecular flexibility index (Phi) is 20.6. The molecule has 7 aromatic carbocycles. The van der Waals surface area contributed by atoms with Crippen LogP contribution >= 0.6 is 0 Å². The molecule has 12 rings (SSSR count). The predicted octanol–water partition coefficient (Wildman–Crippen LogP) is 13.4. The van der Waals surface area contributed by atoms with Crippen molar-refractivity contribution in [1.82, 2.24) is 60.0 Å². The lowest BCUT2D eigenvalue weighted by Gasteiger charge is -2.31. The summed E-state index contributed by atoms with van der Waals surface area (Å²) in [5.41, 5.74) is 7.57. The van der Waals surface area contributed by atoms with E-state index in [1.165, 1.54) is 19.2 Å². The van der Waals surface area contributed by atoms with Crippen LogP contribution in [0.5, 0.6) is 23.0 Å². The SMILES string of the molecule is CC(C)(C)c1cc(CCC(=O)OCC(COC(=O)CCc2cc(-n3nc4ccccc4n3)c(O)c(C(C)(C)C)c2)(COC(=O)CCc2cc(-n3nc4ccccc4n3)c(O)c(C(C)(C)C)c2)COC(=O)CCc2cc(-n3nc4ccccc4n3)c(O)c(C(C)(C)C)c2)cc(-n2nc3c(n2)CCC=C3)c1O. The number of aromatic nitrogens is 12. The van der Waals surface area contributed by atoms with Gasteiger partial charge in [0, 0.05) is 47.9 Å². The summed E-state index contributed by atoms with van der Waals surface area (Å²) in [5.74, 6) is -2.85. The van der Waals surface area contributed by atoms with Gasteiger partial charge < -0.3 is 39.4 Å². The standard InChI is InChI=1S/C81H90N12O12/c1-77(2,3)53-37-49(41-65(73(53)98)90-82-57-21-13-14-22-58(57)83-90)29-33-69(94)102-45-81(46-103-70(95)34-30-50-38-54(78(4,5)6)74(99)66(42-50)91-84-59-23-15-16-24-60(59)85-91,47-104-71(96)35-31-51-39-55(79(7,8)9)75(100)67(43-51)92-86-61-25-17-18-26-62(61)87-92)48-105-72(97)36-32-52-40-56(80(10,11)12)76(101)68(44-52)93-88-63-27-19-20-28-64(63)89-93/h13-19,21-27,37-44,98-101H,20,28-36,45-48H2,1-12H3. The molecule has 4 heterocycles. The van der Waals surface area contributed by atoms with Crippen LogP contribution in [0.15, 0.2) is 127 Å². The number of phenolic OH excluding ortho intramolecular Hbond substituents is 4. The van der Waals surface area contributed by atoms with Gasteiger partial charge in [-0.15, -0.1) is 54.9 Å². The number of rotatable bonds is 24. The summed E-state index contributed by atoms with van der Waals surface area (Å²) < 4.78 is 24.8. The Balaban J connectivity index is 0.847. The van der Waals surface area contributed by atoms with Crippen LogP contribution in [0.2, 0.25) is 0 Å². The van der Waals surface area contributed by atoms with Gasteiger partial charge >= 0.3 is 23.9 Å². The highest BCUT2D eigenvalue weighted by molar-refractivity contribution is 5.77. The van der Waals surface area contributed by atoms with Crippen LogP contribution in [-0.4, -0.2) is 131 Å². The number of ether oxygens (including phenoxy) is 4. The van der Waals surface area contributed by atoms with Gasteiger partial charge in [0.2, 0.25) is 0 Å². The molecule has 0 bridgehead atoms. The summed E-state index contributed by atoms with van der Waals surface area (Å²) in [4.78, 5) is 63.5. The summed E-state index contributed by atoms with van der Waals surface area (Å²) in [6.45, 7) is 21.2. The number of phenols is 4. The second-order valence-corrected chi connectivity index (χ2v) is 31.4. The molecular weight excluding hydrogens is 1330 g/mol. The molecule has 0 atom stereocenters. The van der Waals surface area contributed by atoms with Crippen LogP contribution in [0.4, 0.5) is 0 Å². The van der Waals surface area contributed by atoms with Crippen LogP contribution < -0.4 is 0 Å². The average Bonchev–Trinajstić information content (AvgIpc) is 1.76. The van der Waals surface area contributed by atoms with E-state index in [2.05, 4.69) is 30.6 Å². The minimum absolute atomic E-state index is 0.00180. The fourth-order valence-electron chi connectivity index (χ4n) is 12.7. The van der Waals surface area contributed by atoms with Crippen molar-refractivity contribution in [1.29, 1.82) is 0 Å². The van der Waals surface area contributed by atoms with Gasteiger partial charge in [-0.25, -0.2) is 0 Å². The van der Waals surface area contributed by atoms with Gasteiger partial charge in [-0.3, -0.25) is 19.2 Å². The predicted molar refractivity (Wildman–Crippen MR) is 396 cm³/mol. The molecule has 24 heteroatoms. The average molecular weight is 1420 g/mol. The zero-order valence-electron chi connectivity index (χ0n) is 61.5. The Morgan fingerprint density at radius 3 is 0.848 bits per heavy atom. The Morgan fingerprint density at radius 1 is 0.362 bits per heavy atom. The molecule has 0 aliphatic heterocycles. The molecule has 4 N–H and O–H groups in total. The van der Waals surface area contributed by atoms with Crippen molar-refractivity contribution in [2.75, 3.05) is 26.4 Å². The molecule has 11 aromatic rings. The minimum Gasteiger partial charge on any atom is -0.505 e. The minimum atomic E-state index is -1.74. The number of benzene rings is 7. The molecule has 0 fully saturated rings. The molecule has 105 heavy (non-hydrogen) atoms. The molecule has 0 saturated carbocycles. The Bertz CT molecular complexity index is 4660. The largest absolute Gasteiger partial charge is 0.505 e. The van der Waals surface area contributed by atoms with E-state index in [0.717, 1.165) is 12.1 Å². The molecule has 0 spiro atoms. The van der Waals surface area contributed by atoms with Crippen molar-refractivity contribution < 1.29 is 58.6 Å². The van der Waals surface area contributed by atoms with E-state index in [1.807, 2.05) is 192 Å². The molecule has 24 nitrogen and oxygen atoms in total. The summed E-state index contributed by atoms with van der Waals surface area (Å²) in [7, 11) is 0. The molecule has 546 valence electrons. The molecule has 4 aromatic heterocycles. The van der Waals surface area contributed by atoms with Gasteiger partial charge in [-0.2, -0.15) is 5.10 Å². The lowest BCUT2D eigenvalue weighted by molar-refractivity contribution is -0.170. The Labute approximate surface area is 608 Å². The molecule has 0 unspecified atom stereocenters. The third-order valence-electron chi connectivity index (χ3n) is 18.7. The summed E-state index contributed by atoms with van der Waals surface area (Å²) in [6.07, 6.45) is 5.17. The zero-order valence-corrected chi connectivity index (χ0v) is 61.5. The second kappa shape index (κ2) is 29.4. The lowest BCUT2D eigenvalue weighted by Crippen LogP contribution is -2.44. The third kappa shape index (κ3) is 16.9. The third-order valence-corrected chi connectivity index (χ3v) is 18.7. The number of esters is 4. The molecule has 0 radical (unpaired) electrons. The van der Waals surface area contributed by atoms with E-state index in [4.69, 9.17) is 29.1 Å². The van der Waals surface area contributed by atoms with E-state index in [1.54, 1.807) is 24.3 Å². The van der Waals surface area contributed by atoms with Crippen LogP contribution in [0, 0.1) is 5.41 Å². The molecule has 1 aliphatic rings. The second-order valence-electron chi connectivity index (χ2n) is 31.4. The van der Waals surface area contributed by atoms with Crippen LogP contribution in [0.1, 0.15) is 171 Å². The van der Waals surface area contributed by atoms with Gasteiger partial charge in [0.1, 0.15) is 116 Å². The number of hydrogen-bond donors (Lipinski definition) is 4. The van der Waals surface area contributed by atoms with Crippen molar-refractivity contribution in [2.24, 2.45) is 5.41 Å². The smallest absolute Gasteiger partial charge is 0.306 e. The number of fused-ring (bicyclic) bond motifs is 4. The summed E-state index contributed by atoms with van der Waals surface area (Å²) >= 11 is 0. The number of allylic oxidation sites excluding steroid dienone is 1. The van der Waals surface area contributed by atoms with Crippen molar-refractivity contribution in [2.45, 2.75) is 169 Å². The quantitative estimate of drug-likeness (QED) is 0.0323. The summed E-state index contributed by atoms with van der Waals surface area (Å²) in [6, 6.07) is 36.2. The normalized spacial score (nSPS) is 12.8. The first-order valence-corrected chi connectivity index (χ1v) is 35.4. The number of nitrogens with zero attached hydrogens (tertiary/aromatic N) is 12. The van der Waals surface area contributed by atoms with Crippen molar-refractivity contribution in [3.63, 3.8) is 0 Å². The van der Waals surface area contributed by atoms with E-state index < -0.39 is 77.4 Å². The number of carbonyl (C=O) groups excluding carboxylic acids is 4. The highest BCUT2D eigenvalue weighted by Crippen LogP contribution is 2.42. The molecule has 0 saturated heterocycles. The Hall–Kier alpha value is -11.3. The summed E-state index contributed by atoms with van der Waals surface area (Å²) in [5, 5.41) is 84.4. The van der Waals surface area contributed by atoms with Crippen molar-refractivity contribution in [3.05, 3.63) is 183 Å². The first-order chi connectivity index (χ1) is 49.7. The van der Waals surface area contributed by atoms with Gasteiger partial charge in [-0.05, 0) is 149 Å². The maximum atomic E-state index is 14.5. The van der Waals surface area contributed by atoms with Gasteiger partial charge in [0.05, 0.1) is 5.69 Å². The monoisotopic (exact) mass is 1420 g/mol. The Morgan fingerprint density at radius 2 is 0.610 bits per heavy atom. The highest BCUT2D eigenvalue weighted by atomic mass is 16.6. The highest BCUT2D eigenvalue weighted by Gasteiger charge is 2.39. The number of hydrogen-bond acceptors (Lipinski definition) is 20. The van der Waals surface area contributed by atoms with E-state index in [9.17, 15) is 39.6 Å².